The Morgan fingerprint density at radius 1 is 1.22 bits per heavy atom. The molecule has 2 N–H and O–H groups in total. The lowest BCUT2D eigenvalue weighted by Gasteiger charge is -2.27. The lowest BCUT2D eigenvalue weighted by atomic mass is 9.89. The maximum atomic E-state index is 4.98. The number of aromatic nitrogens is 5. The minimum Gasteiger partial charge on any atom is -0.378 e. The molecule has 32 heavy (non-hydrogen) atoms. The first-order valence-electron chi connectivity index (χ1n) is 10.6. The van der Waals surface area contributed by atoms with Gasteiger partial charge in [0.2, 0.25) is 0 Å². The van der Waals surface area contributed by atoms with Crippen LogP contribution in [0.4, 0.5) is 5.69 Å². The van der Waals surface area contributed by atoms with Gasteiger partial charge in [0.25, 0.3) is 0 Å². The first-order chi connectivity index (χ1) is 15.5. The summed E-state index contributed by atoms with van der Waals surface area (Å²) in [5.41, 5.74) is 6.37. The van der Waals surface area contributed by atoms with Gasteiger partial charge in [-0.15, -0.1) is 0 Å². The maximum absolute atomic E-state index is 4.98. The zero-order valence-electron chi connectivity index (χ0n) is 18.2. The molecule has 4 heterocycles. The number of nitrogens with one attached hydrogen (secondary N) is 2. The van der Waals surface area contributed by atoms with Gasteiger partial charge in [0.15, 0.2) is 5.65 Å². The number of allylic oxidation sites excluding steroid dienone is 1. The number of pyridine rings is 1. The zero-order valence-corrected chi connectivity index (χ0v) is 18.2. The molecule has 1 aliphatic rings. The van der Waals surface area contributed by atoms with Crippen molar-refractivity contribution in [1.82, 2.24) is 24.6 Å². The van der Waals surface area contributed by atoms with Crippen molar-refractivity contribution < 1.29 is 0 Å². The summed E-state index contributed by atoms with van der Waals surface area (Å²) in [6.07, 6.45) is 10.4. The first kappa shape index (κ1) is 19.9. The molecule has 0 spiro atoms. The number of fused-ring (bicyclic) bond motifs is 1. The van der Waals surface area contributed by atoms with Crippen LogP contribution in [0.25, 0.3) is 23.0 Å². The summed E-state index contributed by atoms with van der Waals surface area (Å²) < 4.78 is 1.77. The molecule has 1 atom stereocenters. The van der Waals surface area contributed by atoms with Crippen molar-refractivity contribution >= 4 is 23.1 Å². The van der Waals surface area contributed by atoms with Crippen molar-refractivity contribution in [1.29, 1.82) is 0 Å². The molecule has 4 aromatic rings. The molecular weight excluding hydrogens is 398 g/mol. The van der Waals surface area contributed by atoms with E-state index in [1.165, 1.54) is 0 Å². The lowest BCUT2D eigenvalue weighted by Crippen LogP contribution is -2.24. The van der Waals surface area contributed by atoms with Crippen LogP contribution < -0.4 is 5.32 Å². The molecule has 0 saturated heterocycles. The Bertz CT molecular complexity index is 1340. The van der Waals surface area contributed by atoms with E-state index in [1.54, 1.807) is 10.8 Å². The van der Waals surface area contributed by atoms with Gasteiger partial charge in [0, 0.05) is 23.2 Å². The van der Waals surface area contributed by atoms with Gasteiger partial charge in [0.05, 0.1) is 17.9 Å². The minimum absolute atomic E-state index is 0.414. The van der Waals surface area contributed by atoms with Crippen molar-refractivity contribution in [3.05, 3.63) is 84.7 Å². The number of rotatable bonds is 6. The summed E-state index contributed by atoms with van der Waals surface area (Å²) >= 11 is 0. The fraction of sp³-hybridized carbons (Fsp3) is 0.200. The fourth-order valence-electron chi connectivity index (χ4n) is 4.07. The Morgan fingerprint density at radius 2 is 2.06 bits per heavy atom. The lowest BCUT2D eigenvalue weighted by molar-refractivity contribution is 0.488. The number of aromatic amines is 1. The summed E-state index contributed by atoms with van der Waals surface area (Å²) in [4.78, 5) is 17.8. The number of aliphatic imine (C=N–C) groups is 1. The van der Waals surface area contributed by atoms with E-state index in [4.69, 9.17) is 9.98 Å². The molecule has 1 aromatic carbocycles. The van der Waals surface area contributed by atoms with Crippen LogP contribution >= 0.6 is 0 Å². The van der Waals surface area contributed by atoms with E-state index < -0.39 is 5.54 Å². The van der Waals surface area contributed by atoms with Gasteiger partial charge in [-0.25, -0.2) is 14.5 Å². The van der Waals surface area contributed by atoms with Gasteiger partial charge in [0.1, 0.15) is 17.7 Å². The summed E-state index contributed by atoms with van der Waals surface area (Å²) in [5.74, 6) is 0.852. The molecule has 0 fully saturated rings. The van der Waals surface area contributed by atoms with Crippen LogP contribution in [0.15, 0.2) is 72.6 Å². The molecule has 1 aliphatic heterocycles. The van der Waals surface area contributed by atoms with E-state index in [1.807, 2.05) is 55.6 Å². The van der Waals surface area contributed by atoms with Gasteiger partial charge < -0.3 is 10.3 Å². The van der Waals surface area contributed by atoms with Gasteiger partial charge in [-0.05, 0) is 56.2 Å². The number of nitrogens with zero attached hydrogens (tertiary/aromatic N) is 5. The van der Waals surface area contributed by atoms with Crippen LogP contribution in [0.3, 0.4) is 0 Å². The number of hydrogen-bond donors (Lipinski definition) is 2. The first-order valence-corrected chi connectivity index (χ1v) is 10.6. The van der Waals surface area contributed by atoms with Crippen molar-refractivity contribution in [2.24, 2.45) is 4.99 Å². The summed E-state index contributed by atoms with van der Waals surface area (Å²) in [6.45, 7) is 8.55. The molecule has 7 heteroatoms. The molecule has 5 rings (SSSR count). The summed E-state index contributed by atoms with van der Waals surface area (Å²) in [6, 6.07) is 12.1. The highest BCUT2D eigenvalue weighted by molar-refractivity contribution is 5.94. The smallest absolute Gasteiger partial charge is 0.155 e. The van der Waals surface area contributed by atoms with Crippen molar-refractivity contribution in [2.75, 3.05) is 5.32 Å². The second-order valence-corrected chi connectivity index (χ2v) is 8.20. The van der Waals surface area contributed by atoms with Crippen LogP contribution in [0.5, 0.6) is 0 Å². The van der Waals surface area contributed by atoms with Crippen molar-refractivity contribution in [3.8, 4) is 11.3 Å². The average molecular weight is 424 g/mol. The average Bonchev–Trinajstić information content (AvgIpc) is 3.45. The Balaban J connectivity index is 1.52. The second kappa shape index (κ2) is 7.92. The monoisotopic (exact) mass is 423 g/mol. The number of benzene rings is 1. The van der Waals surface area contributed by atoms with Crippen LogP contribution in [0.2, 0.25) is 0 Å². The van der Waals surface area contributed by atoms with E-state index >= 15 is 0 Å². The zero-order chi connectivity index (χ0) is 22.1. The largest absolute Gasteiger partial charge is 0.378 e. The molecule has 0 amide bonds. The Hall–Kier alpha value is -4.00. The molecule has 0 bridgehead atoms. The van der Waals surface area contributed by atoms with E-state index in [2.05, 4.69) is 46.0 Å². The Kier molecular flexibility index (Phi) is 4.93. The molecule has 160 valence electrons. The van der Waals surface area contributed by atoms with E-state index in [0.717, 1.165) is 51.8 Å². The molecule has 0 unspecified atom stereocenters. The van der Waals surface area contributed by atoms with E-state index in [0.29, 0.717) is 6.54 Å². The SMILES string of the molecule is C=Cc1ccc(NCc2nc(-c3ccc4ncnn4c3)c([C@@]3(C)CC=CC(C)=N3)[nH]2)cc1. The van der Waals surface area contributed by atoms with Crippen LogP contribution in [0, 0.1) is 0 Å². The minimum atomic E-state index is -0.414. The summed E-state index contributed by atoms with van der Waals surface area (Å²) in [5, 5.41) is 7.73. The Morgan fingerprint density at radius 3 is 2.84 bits per heavy atom. The number of imidazole rings is 1. The van der Waals surface area contributed by atoms with Gasteiger partial charge in [-0.3, -0.25) is 4.99 Å². The molecule has 7 nitrogen and oxygen atoms in total. The van der Waals surface area contributed by atoms with Crippen LogP contribution in [-0.4, -0.2) is 30.3 Å². The highest BCUT2D eigenvalue weighted by atomic mass is 15.3. The van der Waals surface area contributed by atoms with Crippen molar-refractivity contribution in [2.45, 2.75) is 32.4 Å². The normalized spacial score (nSPS) is 18.0. The Labute approximate surface area is 186 Å². The molecular formula is C25H25N7. The predicted octanol–water partition coefficient (Wildman–Crippen LogP) is 5.01. The maximum Gasteiger partial charge on any atom is 0.155 e. The van der Waals surface area contributed by atoms with Gasteiger partial charge in [-0.1, -0.05) is 30.9 Å². The van der Waals surface area contributed by atoms with Crippen LogP contribution in [-0.2, 0) is 12.1 Å². The molecule has 3 aromatic heterocycles. The second-order valence-electron chi connectivity index (χ2n) is 8.20. The third-order valence-corrected chi connectivity index (χ3v) is 5.74. The molecule has 0 aliphatic carbocycles. The van der Waals surface area contributed by atoms with E-state index in [9.17, 15) is 0 Å². The summed E-state index contributed by atoms with van der Waals surface area (Å²) in [7, 11) is 0. The fourth-order valence-corrected chi connectivity index (χ4v) is 4.07. The number of hydrogen-bond acceptors (Lipinski definition) is 5. The number of dihydropyridines is 1. The highest BCUT2D eigenvalue weighted by Gasteiger charge is 2.32. The van der Waals surface area contributed by atoms with Crippen LogP contribution in [0.1, 0.15) is 37.4 Å². The third-order valence-electron chi connectivity index (χ3n) is 5.74. The predicted molar refractivity (Wildman–Crippen MR) is 129 cm³/mol. The van der Waals surface area contributed by atoms with Gasteiger partial charge >= 0.3 is 0 Å². The van der Waals surface area contributed by atoms with Gasteiger partial charge in [-0.2, -0.15) is 5.10 Å². The number of H-pyrrole nitrogens is 1. The van der Waals surface area contributed by atoms with Crippen molar-refractivity contribution in [3.63, 3.8) is 0 Å². The quantitative estimate of drug-likeness (QED) is 0.457. The third kappa shape index (κ3) is 3.73. The topological polar surface area (TPSA) is 83.3 Å². The number of anilines is 1. The highest BCUT2D eigenvalue weighted by Crippen LogP contribution is 2.37. The molecule has 0 saturated carbocycles. The standard InChI is InChI=1S/C25H25N7/c1-4-18-7-10-20(11-8-18)26-14-21-29-23(19-9-12-22-27-16-28-32(22)15-19)24(30-21)25(3)13-5-6-17(2)31-25/h4-12,15-16,26H,1,13-14H2,2-3H3,(H,29,30)/t25-/m1/s1. The van der Waals surface area contributed by atoms with E-state index in [-0.39, 0.29) is 0 Å². The molecule has 0 radical (unpaired) electrons.